The third kappa shape index (κ3) is 5.14. The largest absolute Gasteiger partial charge is 0.480 e. The first-order valence-electron chi connectivity index (χ1n) is 8.14. The summed E-state index contributed by atoms with van der Waals surface area (Å²) in [5.41, 5.74) is 1.46. The van der Waals surface area contributed by atoms with Gasteiger partial charge in [-0.3, -0.25) is 14.9 Å². The number of rotatable bonds is 8. The summed E-state index contributed by atoms with van der Waals surface area (Å²) in [5.74, 6) is -1.39. The minimum atomic E-state index is -1.07. The van der Waals surface area contributed by atoms with Crippen LogP contribution in [-0.2, 0) is 22.4 Å². The number of nitro groups is 1. The lowest BCUT2D eigenvalue weighted by molar-refractivity contribution is -0.384. The SMILES string of the molecule is CN(C(=O)CCc1cccc([N+](=O)[O-])c1)C(Cc1ccccc1)C(=O)O. The zero-order chi connectivity index (χ0) is 19.1. The molecule has 0 aliphatic carbocycles. The van der Waals surface area contributed by atoms with E-state index in [2.05, 4.69) is 0 Å². The molecule has 7 nitrogen and oxygen atoms in total. The molecule has 0 saturated heterocycles. The number of non-ortho nitro benzene ring substituents is 1. The zero-order valence-corrected chi connectivity index (χ0v) is 14.4. The van der Waals surface area contributed by atoms with Gasteiger partial charge in [-0.1, -0.05) is 42.5 Å². The van der Waals surface area contributed by atoms with Gasteiger partial charge in [0.1, 0.15) is 6.04 Å². The van der Waals surface area contributed by atoms with E-state index in [0.29, 0.717) is 12.0 Å². The number of benzene rings is 2. The Kier molecular flexibility index (Phi) is 6.43. The standard InChI is InChI=1S/C19H20N2O5/c1-20(17(19(23)24)13-14-6-3-2-4-7-14)18(22)11-10-15-8-5-9-16(12-15)21(25)26/h2-9,12,17H,10-11,13H2,1H3,(H,23,24). The van der Waals surface area contributed by atoms with E-state index in [1.165, 1.54) is 24.1 Å². The molecule has 1 N–H and O–H groups in total. The summed E-state index contributed by atoms with van der Waals surface area (Å²) in [5, 5.41) is 20.3. The van der Waals surface area contributed by atoms with Crippen LogP contribution in [-0.4, -0.2) is 39.9 Å². The molecule has 26 heavy (non-hydrogen) atoms. The maximum Gasteiger partial charge on any atom is 0.326 e. The Hall–Kier alpha value is -3.22. The molecular formula is C19H20N2O5. The molecule has 136 valence electrons. The Labute approximate surface area is 151 Å². The van der Waals surface area contributed by atoms with Crippen molar-refractivity contribution in [3.8, 4) is 0 Å². The van der Waals surface area contributed by atoms with Gasteiger partial charge in [0, 0.05) is 32.0 Å². The quantitative estimate of drug-likeness (QED) is 0.579. The lowest BCUT2D eigenvalue weighted by Crippen LogP contribution is -2.43. The van der Waals surface area contributed by atoms with E-state index in [0.717, 1.165) is 5.56 Å². The minimum absolute atomic E-state index is 0.0317. The number of likely N-dealkylation sites (N-methyl/N-ethyl adjacent to an activating group) is 1. The molecule has 1 unspecified atom stereocenters. The second kappa shape index (κ2) is 8.75. The van der Waals surface area contributed by atoms with Gasteiger partial charge >= 0.3 is 5.97 Å². The Morgan fingerprint density at radius 2 is 1.77 bits per heavy atom. The summed E-state index contributed by atoms with van der Waals surface area (Å²) in [6.45, 7) is 0. The Balaban J connectivity index is 2.01. The van der Waals surface area contributed by atoms with Crippen LogP contribution >= 0.6 is 0 Å². The molecule has 1 amide bonds. The number of carboxylic acids is 1. The molecule has 0 aliphatic heterocycles. The van der Waals surface area contributed by atoms with Crippen LogP contribution in [0.4, 0.5) is 5.69 Å². The number of hydrogen-bond acceptors (Lipinski definition) is 4. The van der Waals surface area contributed by atoms with Gasteiger partial charge in [-0.2, -0.15) is 0 Å². The molecule has 0 aliphatic rings. The van der Waals surface area contributed by atoms with Crippen molar-refractivity contribution in [2.75, 3.05) is 7.05 Å². The van der Waals surface area contributed by atoms with Crippen LogP contribution in [0, 0.1) is 10.1 Å². The normalized spacial score (nSPS) is 11.6. The van der Waals surface area contributed by atoms with E-state index < -0.39 is 16.9 Å². The molecule has 2 aromatic rings. The number of aryl methyl sites for hydroxylation is 1. The fourth-order valence-electron chi connectivity index (χ4n) is 2.65. The second-order valence-electron chi connectivity index (χ2n) is 5.98. The smallest absolute Gasteiger partial charge is 0.326 e. The van der Waals surface area contributed by atoms with Gasteiger partial charge in [0.25, 0.3) is 5.69 Å². The molecule has 0 heterocycles. The Bertz CT molecular complexity index is 792. The van der Waals surface area contributed by atoms with Crippen molar-refractivity contribution in [2.24, 2.45) is 0 Å². The first kappa shape index (κ1) is 19.1. The van der Waals surface area contributed by atoms with Crippen LogP contribution in [0.5, 0.6) is 0 Å². The van der Waals surface area contributed by atoms with Crippen LogP contribution < -0.4 is 0 Å². The van der Waals surface area contributed by atoms with Gasteiger partial charge in [-0.05, 0) is 17.5 Å². The number of hydrogen-bond donors (Lipinski definition) is 1. The molecule has 0 saturated carbocycles. The van der Waals surface area contributed by atoms with Crippen molar-refractivity contribution < 1.29 is 19.6 Å². The lowest BCUT2D eigenvalue weighted by atomic mass is 10.0. The van der Waals surface area contributed by atoms with Gasteiger partial charge in [-0.25, -0.2) is 4.79 Å². The van der Waals surface area contributed by atoms with Crippen LogP contribution in [0.3, 0.4) is 0 Å². The first-order chi connectivity index (χ1) is 12.4. The van der Waals surface area contributed by atoms with Crippen LogP contribution in [0.25, 0.3) is 0 Å². The minimum Gasteiger partial charge on any atom is -0.480 e. The molecule has 0 spiro atoms. The molecule has 1 atom stereocenters. The fraction of sp³-hybridized carbons (Fsp3) is 0.263. The van der Waals surface area contributed by atoms with Crippen molar-refractivity contribution >= 4 is 17.6 Å². The number of nitro benzene ring substituents is 1. The molecule has 2 rings (SSSR count). The highest BCUT2D eigenvalue weighted by atomic mass is 16.6. The van der Waals surface area contributed by atoms with Crippen molar-refractivity contribution in [1.82, 2.24) is 4.90 Å². The molecule has 7 heteroatoms. The van der Waals surface area contributed by atoms with E-state index in [9.17, 15) is 24.8 Å². The summed E-state index contributed by atoms with van der Waals surface area (Å²) >= 11 is 0. The number of carbonyl (C=O) groups is 2. The first-order valence-corrected chi connectivity index (χ1v) is 8.14. The molecular weight excluding hydrogens is 336 g/mol. The van der Waals surface area contributed by atoms with Crippen molar-refractivity contribution in [3.63, 3.8) is 0 Å². The van der Waals surface area contributed by atoms with E-state index in [4.69, 9.17) is 0 Å². The van der Waals surface area contributed by atoms with Crippen molar-refractivity contribution in [2.45, 2.75) is 25.3 Å². The monoisotopic (exact) mass is 356 g/mol. The molecule has 2 aromatic carbocycles. The van der Waals surface area contributed by atoms with Gasteiger partial charge < -0.3 is 10.0 Å². The van der Waals surface area contributed by atoms with Crippen molar-refractivity contribution in [3.05, 3.63) is 75.8 Å². The number of amides is 1. The van der Waals surface area contributed by atoms with E-state index in [-0.39, 0.29) is 24.4 Å². The zero-order valence-electron chi connectivity index (χ0n) is 14.4. The average molecular weight is 356 g/mol. The predicted molar refractivity (Wildman–Crippen MR) is 95.8 cm³/mol. The maximum absolute atomic E-state index is 12.4. The summed E-state index contributed by atoms with van der Waals surface area (Å²) in [6.07, 6.45) is 0.605. The van der Waals surface area contributed by atoms with E-state index >= 15 is 0 Å². The number of carboxylic acid groups (broad SMARTS) is 1. The van der Waals surface area contributed by atoms with Crippen molar-refractivity contribution in [1.29, 1.82) is 0 Å². The van der Waals surface area contributed by atoms with Gasteiger partial charge in [0.05, 0.1) is 4.92 Å². The van der Waals surface area contributed by atoms with Gasteiger partial charge in [0.15, 0.2) is 0 Å². The summed E-state index contributed by atoms with van der Waals surface area (Å²) in [6, 6.07) is 14.2. The third-order valence-electron chi connectivity index (χ3n) is 4.17. The van der Waals surface area contributed by atoms with Crippen LogP contribution in [0.1, 0.15) is 17.5 Å². The second-order valence-corrected chi connectivity index (χ2v) is 5.98. The Morgan fingerprint density at radius 1 is 1.12 bits per heavy atom. The summed E-state index contributed by atoms with van der Waals surface area (Å²) in [4.78, 5) is 35.5. The topological polar surface area (TPSA) is 101 Å². The van der Waals surface area contributed by atoms with Crippen LogP contribution in [0.15, 0.2) is 54.6 Å². The Morgan fingerprint density at radius 3 is 2.38 bits per heavy atom. The summed E-state index contributed by atoms with van der Waals surface area (Å²) in [7, 11) is 1.47. The fourth-order valence-corrected chi connectivity index (χ4v) is 2.65. The predicted octanol–water partition coefficient (Wildman–Crippen LogP) is 2.68. The highest BCUT2D eigenvalue weighted by Crippen LogP contribution is 2.16. The van der Waals surface area contributed by atoms with Crippen LogP contribution in [0.2, 0.25) is 0 Å². The van der Waals surface area contributed by atoms with E-state index in [1.54, 1.807) is 12.1 Å². The molecule has 0 bridgehead atoms. The average Bonchev–Trinajstić information content (AvgIpc) is 2.64. The number of nitrogens with zero attached hydrogens (tertiary/aromatic N) is 2. The number of aliphatic carboxylic acids is 1. The molecule has 0 fully saturated rings. The highest BCUT2D eigenvalue weighted by Gasteiger charge is 2.26. The van der Waals surface area contributed by atoms with Gasteiger partial charge in [0.2, 0.25) is 5.91 Å². The number of carbonyl (C=O) groups excluding carboxylic acids is 1. The van der Waals surface area contributed by atoms with E-state index in [1.807, 2.05) is 30.3 Å². The maximum atomic E-state index is 12.4. The van der Waals surface area contributed by atoms with Gasteiger partial charge in [-0.15, -0.1) is 0 Å². The molecule has 0 radical (unpaired) electrons. The third-order valence-corrected chi connectivity index (χ3v) is 4.17. The lowest BCUT2D eigenvalue weighted by Gasteiger charge is -2.25. The highest BCUT2D eigenvalue weighted by molar-refractivity contribution is 5.83. The molecule has 0 aromatic heterocycles. The summed E-state index contributed by atoms with van der Waals surface area (Å²) < 4.78 is 0.